The van der Waals surface area contributed by atoms with Crippen molar-refractivity contribution in [3.8, 4) is 11.5 Å². The Bertz CT molecular complexity index is 960. The zero-order chi connectivity index (χ0) is 20.0. The van der Waals surface area contributed by atoms with Crippen LogP contribution in [0.1, 0.15) is 53.5 Å². The molecule has 0 bridgehead atoms. The van der Waals surface area contributed by atoms with Gasteiger partial charge in [0.1, 0.15) is 11.3 Å². The summed E-state index contributed by atoms with van der Waals surface area (Å²) in [7, 11) is 0. The van der Waals surface area contributed by atoms with Crippen molar-refractivity contribution in [1.29, 1.82) is 0 Å². The lowest BCUT2D eigenvalue weighted by Gasteiger charge is -2.41. The molecule has 0 aliphatic carbocycles. The van der Waals surface area contributed by atoms with Crippen LogP contribution in [0.3, 0.4) is 0 Å². The van der Waals surface area contributed by atoms with E-state index in [0.717, 1.165) is 23.4 Å². The Labute approximate surface area is 161 Å². The van der Waals surface area contributed by atoms with E-state index in [1.54, 1.807) is 13.2 Å². The molecule has 1 amide bonds. The molecule has 0 fully saturated rings. The molecule has 0 aromatic carbocycles. The molecule has 0 saturated heterocycles. The van der Waals surface area contributed by atoms with Crippen molar-refractivity contribution >= 4 is 17.4 Å². The van der Waals surface area contributed by atoms with E-state index in [9.17, 15) is 4.79 Å². The predicted molar refractivity (Wildman–Crippen MR) is 109 cm³/mol. The molecular weight excluding hydrogens is 338 g/mol. The van der Waals surface area contributed by atoms with E-state index in [2.05, 4.69) is 34.6 Å². The topological polar surface area (TPSA) is 50.8 Å². The van der Waals surface area contributed by atoms with Gasteiger partial charge in [0.05, 0.1) is 6.26 Å². The average Bonchev–Trinajstić information content (AvgIpc) is 3.11. The van der Waals surface area contributed by atoms with Gasteiger partial charge in [-0.25, -0.2) is 4.98 Å². The Morgan fingerprint density at radius 3 is 2.48 bits per heavy atom. The first-order chi connectivity index (χ1) is 12.5. The number of rotatable bonds is 4. The fraction of sp³-hybridized carbons (Fsp3) is 0.455. The zero-order valence-corrected chi connectivity index (χ0v) is 17.3. The number of carbonyl (C=O) groups is 1. The van der Waals surface area contributed by atoms with E-state index in [1.165, 1.54) is 0 Å². The van der Waals surface area contributed by atoms with Crippen molar-refractivity contribution < 1.29 is 9.21 Å². The number of pyridine rings is 1. The summed E-state index contributed by atoms with van der Waals surface area (Å²) in [6, 6.07) is 7.77. The van der Waals surface area contributed by atoms with Gasteiger partial charge in [0.2, 0.25) is 5.91 Å². The lowest BCUT2D eigenvalue weighted by molar-refractivity contribution is -0.117. The van der Waals surface area contributed by atoms with Crippen LogP contribution in [0.5, 0.6) is 0 Å². The van der Waals surface area contributed by atoms with Gasteiger partial charge in [0.25, 0.3) is 0 Å². The molecule has 3 rings (SSSR count). The molecule has 0 saturated carbocycles. The normalized spacial score (nSPS) is 12.6. The highest BCUT2D eigenvalue weighted by atomic mass is 16.3. The van der Waals surface area contributed by atoms with Gasteiger partial charge in [-0.05, 0) is 62.4 Å². The quantitative estimate of drug-likeness (QED) is 0.614. The molecular formula is C22H29N3O2. The number of hydrogen-bond donors (Lipinski definition) is 0. The fourth-order valence-corrected chi connectivity index (χ4v) is 4.16. The fourth-order valence-electron chi connectivity index (χ4n) is 4.16. The number of furan rings is 1. The highest BCUT2D eigenvalue weighted by Gasteiger charge is 2.38. The minimum absolute atomic E-state index is 0.0144. The van der Waals surface area contributed by atoms with Gasteiger partial charge in [-0.15, -0.1) is 0 Å². The monoisotopic (exact) mass is 367 g/mol. The third kappa shape index (κ3) is 3.77. The van der Waals surface area contributed by atoms with Crippen LogP contribution in [0.15, 0.2) is 41.1 Å². The van der Waals surface area contributed by atoms with Crippen molar-refractivity contribution in [2.45, 2.75) is 60.4 Å². The van der Waals surface area contributed by atoms with Crippen molar-refractivity contribution in [2.24, 2.45) is 5.41 Å². The molecule has 144 valence electrons. The van der Waals surface area contributed by atoms with Crippen LogP contribution < -0.4 is 4.90 Å². The third-order valence-corrected chi connectivity index (χ3v) is 4.61. The number of anilines is 1. The zero-order valence-electron chi connectivity index (χ0n) is 17.3. The summed E-state index contributed by atoms with van der Waals surface area (Å²) in [6.07, 6.45) is 4.45. The number of fused-ring (bicyclic) bond motifs is 1. The smallest absolute Gasteiger partial charge is 0.225 e. The Morgan fingerprint density at radius 2 is 1.93 bits per heavy atom. The third-order valence-electron chi connectivity index (χ3n) is 4.61. The van der Waals surface area contributed by atoms with E-state index in [1.807, 2.05) is 46.7 Å². The predicted octanol–water partition coefficient (Wildman–Crippen LogP) is 5.47. The van der Waals surface area contributed by atoms with Crippen LogP contribution in [0.2, 0.25) is 0 Å². The van der Waals surface area contributed by atoms with E-state index < -0.39 is 5.54 Å². The number of imidazole rings is 1. The van der Waals surface area contributed by atoms with Gasteiger partial charge >= 0.3 is 0 Å². The molecule has 5 nitrogen and oxygen atoms in total. The Hall–Kier alpha value is -2.56. The first kappa shape index (κ1) is 19.2. The minimum atomic E-state index is -0.397. The van der Waals surface area contributed by atoms with Crippen LogP contribution in [-0.4, -0.2) is 20.8 Å². The summed E-state index contributed by atoms with van der Waals surface area (Å²) in [4.78, 5) is 19.5. The Morgan fingerprint density at radius 1 is 1.22 bits per heavy atom. The maximum atomic E-state index is 12.9. The van der Waals surface area contributed by atoms with Gasteiger partial charge in [0.15, 0.2) is 11.6 Å². The number of amides is 1. The standard InChI is InChI=1S/C22H29N3O2/c1-15-10-11-24-18(13-15)23-19(17-9-8-12-27-17)20(24)25(16(2)26)22(6,7)14-21(3,4)5/h8-13H,14H2,1-7H3. The summed E-state index contributed by atoms with van der Waals surface area (Å²) in [5, 5.41) is 0. The molecule has 3 heterocycles. The highest BCUT2D eigenvalue weighted by Crippen LogP contribution is 2.39. The maximum Gasteiger partial charge on any atom is 0.225 e. The molecule has 0 spiro atoms. The van der Waals surface area contributed by atoms with Crippen molar-refractivity contribution in [2.75, 3.05) is 4.90 Å². The lowest BCUT2D eigenvalue weighted by Crippen LogP contribution is -2.50. The van der Waals surface area contributed by atoms with Crippen LogP contribution in [0, 0.1) is 12.3 Å². The molecule has 0 radical (unpaired) electrons. The molecule has 0 atom stereocenters. The highest BCUT2D eigenvalue weighted by molar-refractivity contribution is 5.96. The molecule has 0 unspecified atom stereocenters. The largest absolute Gasteiger partial charge is 0.463 e. The van der Waals surface area contributed by atoms with Crippen LogP contribution in [0.25, 0.3) is 17.1 Å². The molecule has 0 aliphatic heterocycles. The number of aromatic nitrogens is 2. The van der Waals surface area contributed by atoms with E-state index in [-0.39, 0.29) is 11.3 Å². The van der Waals surface area contributed by atoms with Gasteiger partial charge in [-0.3, -0.25) is 14.1 Å². The number of aryl methyl sites for hydroxylation is 1. The first-order valence-corrected chi connectivity index (χ1v) is 9.33. The molecule has 0 N–H and O–H groups in total. The second kappa shape index (κ2) is 6.55. The molecule has 3 aromatic rings. The second-order valence-electron chi connectivity index (χ2n) is 9.10. The molecule has 27 heavy (non-hydrogen) atoms. The molecule has 0 aliphatic rings. The van der Waals surface area contributed by atoms with Crippen molar-refractivity contribution in [3.63, 3.8) is 0 Å². The second-order valence-corrected chi connectivity index (χ2v) is 9.10. The van der Waals surface area contributed by atoms with Gasteiger partial charge in [-0.2, -0.15) is 0 Å². The summed E-state index contributed by atoms with van der Waals surface area (Å²) < 4.78 is 7.63. The SMILES string of the molecule is CC(=O)N(c1c(-c2ccco2)nc2cc(C)ccn12)C(C)(C)CC(C)(C)C. The van der Waals surface area contributed by atoms with Gasteiger partial charge in [-0.1, -0.05) is 20.8 Å². The number of carbonyl (C=O) groups excluding carboxylic acids is 1. The van der Waals surface area contributed by atoms with Crippen LogP contribution in [-0.2, 0) is 4.79 Å². The van der Waals surface area contributed by atoms with Crippen molar-refractivity contribution in [1.82, 2.24) is 9.38 Å². The van der Waals surface area contributed by atoms with E-state index >= 15 is 0 Å². The van der Waals surface area contributed by atoms with Crippen molar-refractivity contribution in [3.05, 3.63) is 42.3 Å². The van der Waals surface area contributed by atoms with Gasteiger partial charge in [0, 0.05) is 18.7 Å². The van der Waals surface area contributed by atoms with Gasteiger partial charge < -0.3 is 4.42 Å². The summed E-state index contributed by atoms with van der Waals surface area (Å²) in [5.41, 5.74) is 2.27. The Kier molecular flexibility index (Phi) is 4.66. The maximum absolute atomic E-state index is 12.9. The lowest BCUT2D eigenvalue weighted by atomic mass is 9.80. The number of hydrogen-bond acceptors (Lipinski definition) is 3. The number of nitrogens with zero attached hydrogens (tertiary/aromatic N) is 3. The summed E-state index contributed by atoms with van der Waals surface area (Å²) >= 11 is 0. The minimum Gasteiger partial charge on any atom is -0.463 e. The summed E-state index contributed by atoms with van der Waals surface area (Å²) in [6.45, 7) is 14.4. The first-order valence-electron chi connectivity index (χ1n) is 9.33. The average molecular weight is 367 g/mol. The van der Waals surface area contributed by atoms with Crippen LogP contribution in [0.4, 0.5) is 5.82 Å². The Balaban J connectivity index is 2.29. The molecule has 5 heteroatoms. The van der Waals surface area contributed by atoms with E-state index in [4.69, 9.17) is 9.40 Å². The molecule has 3 aromatic heterocycles. The van der Waals surface area contributed by atoms with E-state index in [0.29, 0.717) is 11.5 Å². The summed E-state index contributed by atoms with van der Waals surface area (Å²) in [5.74, 6) is 1.39. The van der Waals surface area contributed by atoms with Crippen LogP contribution >= 0.6 is 0 Å².